The average molecular weight is 218 g/mol. The third kappa shape index (κ3) is 1.52. The predicted molar refractivity (Wildman–Crippen MR) is 66.4 cm³/mol. The van der Waals surface area contributed by atoms with Gasteiger partial charge in [0.25, 0.3) is 0 Å². The van der Waals surface area contributed by atoms with E-state index in [0.717, 1.165) is 5.56 Å². The first-order chi connectivity index (χ1) is 7.56. The average Bonchev–Trinajstić information content (AvgIpc) is 2.62. The summed E-state index contributed by atoms with van der Waals surface area (Å²) in [4.78, 5) is 0. The molecule has 1 aromatic carbocycles. The van der Waals surface area contributed by atoms with E-state index >= 15 is 0 Å². The van der Waals surface area contributed by atoms with E-state index in [9.17, 15) is 5.11 Å². The summed E-state index contributed by atoms with van der Waals surface area (Å²) in [6.07, 6.45) is 2.02. The Kier molecular flexibility index (Phi) is 2.74. The van der Waals surface area contributed by atoms with Crippen LogP contribution in [0.2, 0.25) is 0 Å². The lowest BCUT2D eigenvalue weighted by molar-refractivity contribution is 0.268. The third-order valence-electron chi connectivity index (χ3n) is 3.16. The van der Waals surface area contributed by atoms with Crippen molar-refractivity contribution in [1.82, 2.24) is 4.57 Å². The minimum atomic E-state index is -0.302. The van der Waals surface area contributed by atoms with Gasteiger partial charge in [-0.3, -0.25) is 0 Å². The first kappa shape index (κ1) is 11.2. The maximum absolute atomic E-state index is 9.18. The van der Waals surface area contributed by atoms with Crippen molar-refractivity contribution in [3.05, 3.63) is 35.0 Å². The third-order valence-corrected chi connectivity index (χ3v) is 3.16. The zero-order chi connectivity index (χ0) is 11.9. The number of nitrogens with zero attached hydrogens (tertiary/aromatic N) is 1. The second kappa shape index (κ2) is 3.92. The van der Waals surface area contributed by atoms with Gasteiger partial charge in [0.1, 0.15) is 0 Å². The van der Waals surface area contributed by atoms with Gasteiger partial charge in [-0.2, -0.15) is 0 Å². The number of aryl methyl sites for hydroxylation is 3. The highest BCUT2D eigenvalue weighted by atomic mass is 16.3. The summed E-state index contributed by atoms with van der Waals surface area (Å²) in [5.41, 5.74) is 10.6. The monoisotopic (exact) mass is 218 g/mol. The fourth-order valence-corrected chi connectivity index (χ4v) is 2.33. The first-order valence-electron chi connectivity index (χ1n) is 5.47. The number of benzene rings is 1. The molecule has 3 nitrogen and oxygen atoms in total. The van der Waals surface area contributed by atoms with Gasteiger partial charge >= 0.3 is 0 Å². The molecule has 0 aliphatic heterocycles. The molecule has 1 unspecified atom stereocenters. The fraction of sp³-hybridized carbons (Fsp3) is 0.385. The standard InChI is InChI=1S/C13H18N2O/c1-8-4-5-9(2)13-12(8)10(6-15(13)3)11(14)7-16/h4-6,11,16H,7,14H2,1-3H3. The summed E-state index contributed by atoms with van der Waals surface area (Å²) >= 11 is 0. The highest BCUT2D eigenvalue weighted by molar-refractivity contribution is 5.90. The van der Waals surface area contributed by atoms with Crippen LogP contribution in [0.3, 0.4) is 0 Å². The van der Waals surface area contributed by atoms with Crippen LogP contribution in [0.1, 0.15) is 22.7 Å². The van der Waals surface area contributed by atoms with Gasteiger partial charge < -0.3 is 15.4 Å². The van der Waals surface area contributed by atoms with Gasteiger partial charge in [0.15, 0.2) is 0 Å². The molecule has 0 aliphatic rings. The minimum absolute atomic E-state index is 0.0213. The molecule has 0 aliphatic carbocycles. The van der Waals surface area contributed by atoms with Crippen molar-refractivity contribution >= 4 is 10.9 Å². The zero-order valence-corrected chi connectivity index (χ0v) is 9.99. The molecule has 0 amide bonds. The van der Waals surface area contributed by atoms with Crippen LogP contribution in [0.25, 0.3) is 10.9 Å². The molecule has 86 valence electrons. The SMILES string of the molecule is Cc1ccc(C)c2c1c(C(N)CO)cn2C. The predicted octanol–water partition coefficient (Wildman–Crippen LogP) is 1.79. The van der Waals surface area contributed by atoms with E-state index in [1.807, 2.05) is 13.2 Å². The molecular weight excluding hydrogens is 200 g/mol. The molecule has 0 fully saturated rings. The Bertz CT molecular complexity index is 528. The van der Waals surface area contributed by atoms with Gasteiger partial charge in [-0.25, -0.2) is 0 Å². The van der Waals surface area contributed by atoms with Gasteiger partial charge in [0.2, 0.25) is 0 Å². The molecular formula is C13H18N2O. The number of aromatic nitrogens is 1. The van der Waals surface area contributed by atoms with Crippen molar-refractivity contribution in [2.24, 2.45) is 12.8 Å². The van der Waals surface area contributed by atoms with E-state index in [1.165, 1.54) is 22.0 Å². The van der Waals surface area contributed by atoms with Gasteiger partial charge in [-0.05, 0) is 30.5 Å². The summed E-state index contributed by atoms with van der Waals surface area (Å²) in [5.74, 6) is 0. The summed E-state index contributed by atoms with van der Waals surface area (Å²) in [7, 11) is 2.02. The number of aliphatic hydroxyl groups excluding tert-OH is 1. The van der Waals surface area contributed by atoms with Crippen molar-refractivity contribution in [3.8, 4) is 0 Å². The molecule has 1 aromatic heterocycles. The Morgan fingerprint density at radius 3 is 2.56 bits per heavy atom. The molecule has 0 radical (unpaired) electrons. The molecule has 1 heterocycles. The van der Waals surface area contributed by atoms with E-state index in [1.54, 1.807) is 0 Å². The van der Waals surface area contributed by atoms with Gasteiger partial charge in [0.05, 0.1) is 18.2 Å². The summed E-state index contributed by atoms with van der Waals surface area (Å²) in [6.45, 7) is 4.15. The topological polar surface area (TPSA) is 51.2 Å². The Morgan fingerprint density at radius 2 is 1.94 bits per heavy atom. The number of rotatable bonds is 2. The number of hydrogen-bond acceptors (Lipinski definition) is 2. The van der Waals surface area contributed by atoms with Gasteiger partial charge in [0, 0.05) is 18.6 Å². The second-order valence-corrected chi connectivity index (χ2v) is 4.41. The normalized spacial score (nSPS) is 13.3. The van der Waals surface area contributed by atoms with Crippen molar-refractivity contribution in [1.29, 1.82) is 0 Å². The summed E-state index contributed by atoms with van der Waals surface area (Å²) in [5, 5.41) is 10.4. The Balaban J connectivity index is 2.82. The van der Waals surface area contributed by atoms with Crippen molar-refractivity contribution < 1.29 is 5.11 Å². The number of aliphatic hydroxyl groups is 1. The van der Waals surface area contributed by atoms with Crippen molar-refractivity contribution in [2.45, 2.75) is 19.9 Å². The molecule has 16 heavy (non-hydrogen) atoms. The molecule has 0 spiro atoms. The molecule has 2 rings (SSSR count). The highest BCUT2D eigenvalue weighted by Crippen LogP contribution is 2.29. The van der Waals surface area contributed by atoms with E-state index < -0.39 is 0 Å². The fourth-order valence-electron chi connectivity index (χ4n) is 2.33. The number of nitrogens with two attached hydrogens (primary N) is 1. The zero-order valence-electron chi connectivity index (χ0n) is 9.99. The number of fused-ring (bicyclic) bond motifs is 1. The van der Waals surface area contributed by atoms with Gasteiger partial charge in [-0.1, -0.05) is 12.1 Å². The maximum atomic E-state index is 9.18. The lowest BCUT2D eigenvalue weighted by atomic mass is 10.0. The first-order valence-corrected chi connectivity index (χ1v) is 5.47. The van der Waals surface area contributed by atoms with E-state index in [2.05, 4.69) is 30.5 Å². The van der Waals surface area contributed by atoms with Crippen LogP contribution < -0.4 is 5.73 Å². The lowest BCUT2D eigenvalue weighted by Gasteiger charge is -2.08. The minimum Gasteiger partial charge on any atom is -0.394 e. The van der Waals surface area contributed by atoms with E-state index in [0.29, 0.717) is 0 Å². The van der Waals surface area contributed by atoms with Gasteiger partial charge in [-0.15, -0.1) is 0 Å². The molecule has 0 saturated carbocycles. The summed E-state index contributed by atoms with van der Waals surface area (Å²) < 4.78 is 2.09. The Morgan fingerprint density at radius 1 is 1.31 bits per heavy atom. The molecule has 2 aromatic rings. The largest absolute Gasteiger partial charge is 0.394 e. The molecule has 3 N–H and O–H groups in total. The lowest BCUT2D eigenvalue weighted by Crippen LogP contribution is -2.14. The van der Waals surface area contributed by atoms with Crippen LogP contribution in [-0.2, 0) is 7.05 Å². The van der Waals surface area contributed by atoms with Crippen molar-refractivity contribution in [3.63, 3.8) is 0 Å². The van der Waals surface area contributed by atoms with Crippen LogP contribution in [-0.4, -0.2) is 16.3 Å². The molecule has 1 atom stereocenters. The van der Waals surface area contributed by atoms with Crippen LogP contribution in [0, 0.1) is 13.8 Å². The molecule has 3 heteroatoms. The van der Waals surface area contributed by atoms with E-state index in [-0.39, 0.29) is 12.6 Å². The quantitative estimate of drug-likeness (QED) is 0.807. The van der Waals surface area contributed by atoms with Crippen LogP contribution >= 0.6 is 0 Å². The van der Waals surface area contributed by atoms with Crippen LogP contribution in [0.15, 0.2) is 18.3 Å². The van der Waals surface area contributed by atoms with Crippen LogP contribution in [0.4, 0.5) is 0 Å². The maximum Gasteiger partial charge on any atom is 0.0625 e. The second-order valence-electron chi connectivity index (χ2n) is 4.41. The molecule has 0 saturated heterocycles. The number of hydrogen-bond donors (Lipinski definition) is 2. The smallest absolute Gasteiger partial charge is 0.0625 e. The Hall–Kier alpha value is -1.32. The Labute approximate surface area is 95.5 Å². The van der Waals surface area contributed by atoms with E-state index in [4.69, 9.17) is 5.73 Å². The molecule has 0 bridgehead atoms. The van der Waals surface area contributed by atoms with Crippen molar-refractivity contribution in [2.75, 3.05) is 6.61 Å². The summed E-state index contributed by atoms with van der Waals surface area (Å²) in [6, 6.07) is 3.92. The highest BCUT2D eigenvalue weighted by Gasteiger charge is 2.15. The van der Waals surface area contributed by atoms with Crippen LogP contribution in [0.5, 0.6) is 0 Å².